The molecule has 1 aliphatic carbocycles. The van der Waals surface area contributed by atoms with Gasteiger partial charge >= 0.3 is 0 Å². The highest BCUT2D eigenvalue weighted by Gasteiger charge is 2.44. The van der Waals surface area contributed by atoms with Gasteiger partial charge in [0, 0.05) is 30.7 Å². The predicted molar refractivity (Wildman–Crippen MR) is 72.6 cm³/mol. The van der Waals surface area contributed by atoms with Gasteiger partial charge in [0.1, 0.15) is 0 Å². The molecule has 1 saturated carbocycles. The maximum absolute atomic E-state index is 4.06. The molecule has 0 radical (unpaired) electrons. The molecule has 0 amide bonds. The topological polar surface area (TPSA) is 29.9 Å². The molecule has 94 valence electrons. The number of rotatable bonds is 4. The summed E-state index contributed by atoms with van der Waals surface area (Å²) >= 11 is 0. The second-order valence-electron chi connectivity index (χ2n) is 5.76. The van der Waals surface area contributed by atoms with Crippen LogP contribution in [0.15, 0.2) is 43.0 Å². The van der Waals surface area contributed by atoms with Crippen LogP contribution in [0.2, 0.25) is 0 Å². The van der Waals surface area contributed by atoms with Crippen LogP contribution in [0.4, 0.5) is 0 Å². The molecule has 1 aromatic heterocycles. The van der Waals surface area contributed by atoms with Crippen molar-refractivity contribution < 1.29 is 0 Å². The highest BCUT2D eigenvalue weighted by Crippen LogP contribution is 2.44. The van der Waals surface area contributed by atoms with Crippen molar-refractivity contribution in [1.82, 2.24) is 14.9 Å². The second-order valence-corrected chi connectivity index (χ2v) is 5.76. The summed E-state index contributed by atoms with van der Waals surface area (Å²) < 4.78 is 2.02. The van der Waals surface area contributed by atoms with Gasteiger partial charge in [-0.1, -0.05) is 26.0 Å². The Morgan fingerprint density at radius 1 is 1.33 bits per heavy atom. The summed E-state index contributed by atoms with van der Waals surface area (Å²) in [6, 6.07) is 9.31. The minimum absolute atomic E-state index is 0.497. The molecule has 1 fully saturated rings. The van der Waals surface area contributed by atoms with Gasteiger partial charge in [0.25, 0.3) is 0 Å². The average molecular weight is 241 g/mol. The predicted octanol–water partition coefficient (Wildman–Crippen LogP) is 2.76. The third kappa shape index (κ3) is 2.31. The summed E-state index contributed by atoms with van der Waals surface area (Å²) in [6.07, 6.45) is 6.87. The molecule has 1 heterocycles. The normalized spacial score (nSPS) is 20.9. The highest BCUT2D eigenvalue weighted by molar-refractivity contribution is 5.34. The smallest absolute Gasteiger partial charge is 0.0991 e. The molecule has 1 atom stereocenters. The first kappa shape index (κ1) is 11.5. The summed E-state index contributed by atoms with van der Waals surface area (Å²) in [6.45, 7) is 5.58. The van der Waals surface area contributed by atoms with Gasteiger partial charge in [0.2, 0.25) is 0 Å². The Labute approximate surface area is 108 Å². The Bertz CT molecular complexity index is 511. The largest absolute Gasteiger partial charge is 0.309 e. The standard InChI is InChI=1S/C15H19N3/c1-15(2)9-14(15)17-10-12-3-5-13(6-4-12)18-8-7-16-11-18/h3-8,11,14,17H,9-10H2,1-2H3. The lowest BCUT2D eigenvalue weighted by Gasteiger charge is -2.08. The van der Waals surface area contributed by atoms with Gasteiger partial charge in [-0.3, -0.25) is 0 Å². The van der Waals surface area contributed by atoms with Crippen molar-refractivity contribution in [2.24, 2.45) is 5.41 Å². The number of aromatic nitrogens is 2. The lowest BCUT2D eigenvalue weighted by atomic mass is 10.1. The second kappa shape index (κ2) is 4.25. The molecule has 0 bridgehead atoms. The zero-order valence-corrected chi connectivity index (χ0v) is 10.9. The molecule has 2 aromatic rings. The van der Waals surface area contributed by atoms with E-state index in [1.165, 1.54) is 12.0 Å². The Morgan fingerprint density at radius 3 is 2.61 bits per heavy atom. The number of hydrogen-bond donors (Lipinski definition) is 1. The van der Waals surface area contributed by atoms with Gasteiger partial charge in [-0.05, 0) is 29.5 Å². The molecule has 1 aliphatic rings. The maximum atomic E-state index is 4.06. The molecular formula is C15H19N3. The van der Waals surface area contributed by atoms with Crippen molar-refractivity contribution in [2.45, 2.75) is 32.9 Å². The molecule has 18 heavy (non-hydrogen) atoms. The van der Waals surface area contributed by atoms with E-state index in [0.717, 1.165) is 12.2 Å². The number of nitrogens with one attached hydrogen (secondary N) is 1. The van der Waals surface area contributed by atoms with Gasteiger partial charge in [-0.2, -0.15) is 0 Å². The molecule has 1 unspecified atom stereocenters. The van der Waals surface area contributed by atoms with E-state index in [1.54, 1.807) is 6.20 Å². The molecule has 3 nitrogen and oxygen atoms in total. The van der Waals surface area contributed by atoms with E-state index < -0.39 is 0 Å². The maximum Gasteiger partial charge on any atom is 0.0991 e. The van der Waals surface area contributed by atoms with Crippen LogP contribution < -0.4 is 5.32 Å². The number of nitrogens with zero attached hydrogens (tertiary/aromatic N) is 2. The molecule has 0 aliphatic heterocycles. The highest BCUT2D eigenvalue weighted by atomic mass is 15.0. The van der Waals surface area contributed by atoms with Crippen LogP contribution in [0.25, 0.3) is 5.69 Å². The van der Waals surface area contributed by atoms with Crippen molar-refractivity contribution in [1.29, 1.82) is 0 Å². The quantitative estimate of drug-likeness (QED) is 0.892. The van der Waals surface area contributed by atoms with Crippen LogP contribution in [0, 0.1) is 5.41 Å². The summed E-state index contributed by atoms with van der Waals surface area (Å²) in [5.41, 5.74) is 2.99. The lowest BCUT2D eigenvalue weighted by molar-refractivity contribution is 0.542. The van der Waals surface area contributed by atoms with Crippen LogP contribution in [-0.4, -0.2) is 15.6 Å². The van der Waals surface area contributed by atoms with Crippen molar-refractivity contribution in [3.63, 3.8) is 0 Å². The first-order valence-electron chi connectivity index (χ1n) is 6.46. The summed E-state index contributed by atoms with van der Waals surface area (Å²) in [5.74, 6) is 0. The summed E-state index contributed by atoms with van der Waals surface area (Å²) in [5, 5.41) is 3.60. The van der Waals surface area contributed by atoms with Crippen LogP contribution in [0.3, 0.4) is 0 Å². The Balaban J connectivity index is 1.61. The minimum atomic E-state index is 0.497. The Hall–Kier alpha value is -1.61. The Kier molecular flexibility index (Phi) is 2.71. The van der Waals surface area contributed by atoms with E-state index in [1.807, 2.05) is 17.1 Å². The zero-order chi connectivity index (χ0) is 12.6. The molecule has 3 rings (SSSR count). The van der Waals surface area contributed by atoms with Crippen LogP contribution in [-0.2, 0) is 6.54 Å². The summed E-state index contributed by atoms with van der Waals surface area (Å²) in [4.78, 5) is 4.06. The fraction of sp³-hybridized carbons (Fsp3) is 0.400. The summed E-state index contributed by atoms with van der Waals surface area (Å²) in [7, 11) is 0. The first-order valence-corrected chi connectivity index (χ1v) is 6.46. The van der Waals surface area contributed by atoms with E-state index in [0.29, 0.717) is 11.5 Å². The zero-order valence-electron chi connectivity index (χ0n) is 10.9. The van der Waals surface area contributed by atoms with E-state index in [9.17, 15) is 0 Å². The van der Waals surface area contributed by atoms with Crippen LogP contribution in [0.1, 0.15) is 25.8 Å². The fourth-order valence-corrected chi connectivity index (χ4v) is 2.25. The first-order chi connectivity index (χ1) is 8.65. The van der Waals surface area contributed by atoms with E-state index in [2.05, 4.69) is 48.4 Å². The van der Waals surface area contributed by atoms with Crippen molar-refractivity contribution >= 4 is 0 Å². The van der Waals surface area contributed by atoms with Gasteiger partial charge in [0.15, 0.2) is 0 Å². The molecule has 1 aromatic carbocycles. The van der Waals surface area contributed by atoms with Crippen molar-refractivity contribution in [3.8, 4) is 5.69 Å². The monoisotopic (exact) mass is 241 g/mol. The molecule has 1 N–H and O–H groups in total. The lowest BCUT2D eigenvalue weighted by Crippen LogP contribution is -2.19. The third-order valence-corrected chi connectivity index (χ3v) is 3.80. The van der Waals surface area contributed by atoms with Crippen LogP contribution >= 0.6 is 0 Å². The van der Waals surface area contributed by atoms with Gasteiger partial charge in [-0.25, -0.2) is 4.98 Å². The average Bonchev–Trinajstić information content (AvgIpc) is 2.82. The Morgan fingerprint density at radius 2 is 2.06 bits per heavy atom. The molecular weight excluding hydrogens is 222 g/mol. The van der Waals surface area contributed by atoms with E-state index in [4.69, 9.17) is 0 Å². The van der Waals surface area contributed by atoms with Gasteiger partial charge in [-0.15, -0.1) is 0 Å². The fourth-order valence-electron chi connectivity index (χ4n) is 2.25. The SMILES string of the molecule is CC1(C)CC1NCc1ccc(-n2ccnc2)cc1. The van der Waals surface area contributed by atoms with E-state index in [-0.39, 0.29) is 0 Å². The van der Waals surface area contributed by atoms with E-state index >= 15 is 0 Å². The molecule has 3 heteroatoms. The number of benzene rings is 1. The van der Waals surface area contributed by atoms with Crippen LogP contribution in [0.5, 0.6) is 0 Å². The third-order valence-electron chi connectivity index (χ3n) is 3.80. The van der Waals surface area contributed by atoms with Crippen molar-refractivity contribution in [3.05, 3.63) is 48.5 Å². The number of imidazole rings is 1. The van der Waals surface area contributed by atoms with Gasteiger partial charge < -0.3 is 9.88 Å². The molecule has 0 spiro atoms. The minimum Gasteiger partial charge on any atom is -0.309 e. The molecule has 0 saturated heterocycles. The van der Waals surface area contributed by atoms with Gasteiger partial charge in [0.05, 0.1) is 6.33 Å². The van der Waals surface area contributed by atoms with Crippen molar-refractivity contribution in [2.75, 3.05) is 0 Å². The number of hydrogen-bond acceptors (Lipinski definition) is 2.